The maximum absolute atomic E-state index is 5.94. The van der Waals surface area contributed by atoms with Crippen LogP contribution in [0.4, 0.5) is 5.95 Å². The third-order valence-electron chi connectivity index (χ3n) is 3.63. The van der Waals surface area contributed by atoms with Gasteiger partial charge in [0.15, 0.2) is 0 Å². The normalized spacial score (nSPS) is 23.5. The Morgan fingerprint density at radius 3 is 2.74 bits per heavy atom. The minimum absolute atomic E-state index is 0.197. The van der Waals surface area contributed by atoms with Gasteiger partial charge in [0.1, 0.15) is 0 Å². The van der Waals surface area contributed by atoms with Gasteiger partial charge in [-0.05, 0) is 36.3 Å². The van der Waals surface area contributed by atoms with Crippen molar-refractivity contribution in [2.75, 3.05) is 24.6 Å². The molecule has 0 bridgehead atoms. The first kappa shape index (κ1) is 14.3. The Bertz CT molecular complexity index is 429. The average Bonchev–Trinajstić information content (AvgIpc) is 2.39. The molecule has 1 fully saturated rings. The number of halogens is 1. The van der Waals surface area contributed by atoms with Crippen molar-refractivity contribution in [3.63, 3.8) is 0 Å². The molecule has 5 nitrogen and oxygen atoms in total. The highest BCUT2D eigenvalue weighted by Gasteiger charge is 2.25. The zero-order chi connectivity index (χ0) is 13.8. The smallest absolute Gasteiger partial charge is 0.322 e. The average molecular weight is 285 g/mol. The molecule has 2 heterocycles. The summed E-state index contributed by atoms with van der Waals surface area (Å²) >= 11 is 5.94. The van der Waals surface area contributed by atoms with E-state index >= 15 is 0 Å². The van der Waals surface area contributed by atoms with Gasteiger partial charge < -0.3 is 9.64 Å². The second-order valence-corrected chi connectivity index (χ2v) is 5.56. The summed E-state index contributed by atoms with van der Waals surface area (Å²) < 4.78 is 5.44. The van der Waals surface area contributed by atoms with Crippen LogP contribution in [0.2, 0.25) is 5.28 Å². The highest BCUT2D eigenvalue weighted by atomic mass is 35.5. The molecule has 0 aromatic carbocycles. The molecule has 2 rings (SSSR count). The number of nitrogens with zero attached hydrogens (tertiary/aromatic N) is 4. The zero-order valence-corrected chi connectivity index (χ0v) is 12.5. The summed E-state index contributed by atoms with van der Waals surface area (Å²) in [6.45, 7) is 9.09. The number of rotatable bonds is 4. The van der Waals surface area contributed by atoms with Crippen molar-refractivity contribution in [2.24, 2.45) is 11.8 Å². The Balaban J connectivity index is 2.13. The molecule has 0 N–H and O–H groups in total. The van der Waals surface area contributed by atoms with Gasteiger partial charge in [-0.1, -0.05) is 20.8 Å². The fourth-order valence-electron chi connectivity index (χ4n) is 2.17. The second-order valence-electron chi connectivity index (χ2n) is 5.22. The summed E-state index contributed by atoms with van der Waals surface area (Å²) in [5.41, 5.74) is 0. The third-order valence-corrected chi connectivity index (χ3v) is 3.80. The largest absolute Gasteiger partial charge is 0.463 e. The van der Waals surface area contributed by atoms with Crippen molar-refractivity contribution in [3.05, 3.63) is 5.28 Å². The molecule has 0 saturated carbocycles. The molecule has 0 aliphatic carbocycles. The van der Waals surface area contributed by atoms with Crippen molar-refractivity contribution < 1.29 is 4.74 Å². The molecule has 0 radical (unpaired) electrons. The first-order valence-electron chi connectivity index (χ1n) is 6.89. The van der Waals surface area contributed by atoms with Crippen LogP contribution in [-0.4, -0.2) is 34.6 Å². The Kier molecular flexibility index (Phi) is 4.80. The number of hydrogen-bond donors (Lipinski definition) is 0. The first-order valence-corrected chi connectivity index (χ1v) is 7.27. The molecule has 1 aromatic rings. The molecule has 0 amide bonds. The van der Waals surface area contributed by atoms with Crippen molar-refractivity contribution >= 4 is 17.5 Å². The summed E-state index contributed by atoms with van der Waals surface area (Å²) in [6.07, 6.45) is 2.06. The topological polar surface area (TPSA) is 51.1 Å². The lowest BCUT2D eigenvalue weighted by Gasteiger charge is -2.35. The fraction of sp³-hybridized carbons (Fsp3) is 0.769. The Labute approximate surface area is 119 Å². The van der Waals surface area contributed by atoms with E-state index < -0.39 is 0 Å². The van der Waals surface area contributed by atoms with E-state index in [0.717, 1.165) is 31.8 Å². The highest BCUT2D eigenvalue weighted by Crippen LogP contribution is 2.26. The summed E-state index contributed by atoms with van der Waals surface area (Å²) in [6, 6.07) is 0.322. The van der Waals surface area contributed by atoms with Gasteiger partial charge in [0, 0.05) is 13.1 Å². The number of hydrogen-bond acceptors (Lipinski definition) is 5. The van der Waals surface area contributed by atoms with Crippen molar-refractivity contribution in [3.8, 4) is 6.01 Å². The summed E-state index contributed by atoms with van der Waals surface area (Å²) in [5.74, 6) is 2.00. The van der Waals surface area contributed by atoms with Gasteiger partial charge in [-0.3, -0.25) is 0 Å². The number of aromatic nitrogens is 3. The number of ether oxygens (including phenoxy) is 1. The van der Waals surface area contributed by atoms with E-state index in [2.05, 4.69) is 33.7 Å². The van der Waals surface area contributed by atoms with E-state index in [4.69, 9.17) is 16.3 Å². The molecular formula is C13H21ClN4O. The monoisotopic (exact) mass is 284 g/mol. The third kappa shape index (κ3) is 3.69. The fourth-order valence-corrected chi connectivity index (χ4v) is 2.31. The van der Waals surface area contributed by atoms with Crippen LogP contribution in [0.5, 0.6) is 6.01 Å². The van der Waals surface area contributed by atoms with Gasteiger partial charge in [0.05, 0.1) is 6.61 Å². The van der Waals surface area contributed by atoms with Crippen LogP contribution >= 0.6 is 11.6 Å². The standard InChI is InChI=1S/C13H21ClN4O/c1-4-7-19-13-16-11(14)15-12(17-13)18-6-5-9(2)10(3)8-18/h9-10H,4-8H2,1-3H3. The van der Waals surface area contributed by atoms with Gasteiger partial charge in [0.2, 0.25) is 11.2 Å². The summed E-state index contributed by atoms with van der Waals surface area (Å²) in [7, 11) is 0. The molecule has 2 atom stereocenters. The molecule has 1 aliphatic heterocycles. The van der Waals surface area contributed by atoms with E-state index in [9.17, 15) is 0 Å². The lowest BCUT2D eigenvalue weighted by molar-refractivity contribution is 0.288. The Morgan fingerprint density at radius 1 is 1.26 bits per heavy atom. The second kappa shape index (κ2) is 6.37. The van der Waals surface area contributed by atoms with Crippen LogP contribution in [0.1, 0.15) is 33.6 Å². The van der Waals surface area contributed by atoms with Crippen LogP contribution in [0, 0.1) is 11.8 Å². The molecule has 1 saturated heterocycles. The molecule has 6 heteroatoms. The Morgan fingerprint density at radius 2 is 2.05 bits per heavy atom. The van der Waals surface area contributed by atoms with Crippen LogP contribution in [0.15, 0.2) is 0 Å². The van der Waals surface area contributed by atoms with E-state index in [1.165, 1.54) is 0 Å². The van der Waals surface area contributed by atoms with E-state index in [1.54, 1.807) is 0 Å². The Hall–Kier alpha value is -1.10. The molecule has 2 unspecified atom stereocenters. The van der Waals surface area contributed by atoms with Gasteiger partial charge in [-0.25, -0.2) is 0 Å². The SMILES string of the molecule is CCCOc1nc(Cl)nc(N2CCC(C)C(C)C2)n1. The maximum Gasteiger partial charge on any atom is 0.322 e. The quantitative estimate of drug-likeness (QED) is 0.851. The van der Waals surface area contributed by atoms with Crippen LogP contribution in [0.3, 0.4) is 0 Å². The van der Waals surface area contributed by atoms with Crippen LogP contribution < -0.4 is 9.64 Å². The van der Waals surface area contributed by atoms with Crippen LogP contribution in [0.25, 0.3) is 0 Å². The van der Waals surface area contributed by atoms with E-state index in [-0.39, 0.29) is 5.28 Å². The minimum Gasteiger partial charge on any atom is -0.463 e. The molecule has 1 aromatic heterocycles. The zero-order valence-electron chi connectivity index (χ0n) is 11.8. The van der Waals surface area contributed by atoms with Crippen LogP contribution in [-0.2, 0) is 0 Å². The van der Waals surface area contributed by atoms with E-state index in [1.807, 2.05) is 6.92 Å². The molecule has 1 aliphatic rings. The lowest BCUT2D eigenvalue weighted by atomic mass is 9.89. The molecule has 106 valence electrons. The first-order chi connectivity index (χ1) is 9.10. The molecular weight excluding hydrogens is 264 g/mol. The highest BCUT2D eigenvalue weighted by molar-refractivity contribution is 6.28. The van der Waals surface area contributed by atoms with Crippen molar-refractivity contribution in [1.82, 2.24) is 15.0 Å². The minimum atomic E-state index is 0.197. The van der Waals surface area contributed by atoms with Gasteiger partial charge in [-0.15, -0.1) is 0 Å². The van der Waals surface area contributed by atoms with Crippen molar-refractivity contribution in [1.29, 1.82) is 0 Å². The molecule has 0 spiro atoms. The lowest BCUT2D eigenvalue weighted by Crippen LogP contribution is -2.39. The van der Waals surface area contributed by atoms with Gasteiger partial charge >= 0.3 is 6.01 Å². The molecule has 19 heavy (non-hydrogen) atoms. The van der Waals surface area contributed by atoms with E-state index in [0.29, 0.717) is 24.5 Å². The predicted molar refractivity (Wildman–Crippen MR) is 75.8 cm³/mol. The van der Waals surface area contributed by atoms with Gasteiger partial charge in [-0.2, -0.15) is 15.0 Å². The summed E-state index contributed by atoms with van der Waals surface area (Å²) in [4.78, 5) is 14.7. The predicted octanol–water partition coefficient (Wildman–Crippen LogP) is 2.80. The maximum atomic E-state index is 5.94. The number of anilines is 1. The summed E-state index contributed by atoms with van der Waals surface area (Å²) in [5, 5.41) is 0.197. The number of piperidine rings is 1. The van der Waals surface area contributed by atoms with Crippen molar-refractivity contribution in [2.45, 2.75) is 33.6 Å². The van der Waals surface area contributed by atoms with Gasteiger partial charge in [0.25, 0.3) is 0 Å².